The second-order valence-corrected chi connectivity index (χ2v) is 4.82. The number of rotatable bonds is 4. The molecule has 0 amide bonds. The zero-order valence-corrected chi connectivity index (χ0v) is 11.5. The molecular weight excluding hydrogens is 257 g/mol. The van der Waals surface area contributed by atoms with Crippen LogP contribution in [0.3, 0.4) is 0 Å². The molecule has 1 unspecified atom stereocenters. The standard InChI is InChI=1S/C16H20FNO2/c17-16-10-13(4-3-8-18)6-7-14(16)11-19-12-15-5-1-2-9-20-15/h6-7,10,15H,1-2,5,8-9,11-12,18H2. The minimum absolute atomic E-state index is 0.154. The number of nitrogens with two attached hydrogens (primary N) is 1. The summed E-state index contributed by atoms with van der Waals surface area (Å²) < 4.78 is 24.9. The van der Waals surface area contributed by atoms with Crippen LogP contribution in [-0.2, 0) is 16.1 Å². The zero-order chi connectivity index (χ0) is 14.2. The second-order valence-electron chi connectivity index (χ2n) is 4.82. The molecule has 0 aliphatic carbocycles. The summed E-state index contributed by atoms with van der Waals surface area (Å²) in [6.07, 6.45) is 3.48. The lowest BCUT2D eigenvalue weighted by Crippen LogP contribution is -2.24. The molecule has 2 N–H and O–H groups in total. The summed E-state index contributed by atoms with van der Waals surface area (Å²) >= 11 is 0. The van der Waals surface area contributed by atoms with E-state index < -0.39 is 0 Å². The van der Waals surface area contributed by atoms with E-state index in [1.54, 1.807) is 12.1 Å². The van der Waals surface area contributed by atoms with E-state index in [1.807, 2.05) is 0 Å². The molecule has 20 heavy (non-hydrogen) atoms. The quantitative estimate of drug-likeness (QED) is 0.858. The lowest BCUT2D eigenvalue weighted by Gasteiger charge is -2.22. The number of hydrogen-bond acceptors (Lipinski definition) is 3. The van der Waals surface area contributed by atoms with Gasteiger partial charge in [-0.1, -0.05) is 17.9 Å². The van der Waals surface area contributed by atoms with Crippen molar-refractivity contribution in [2.75, 3.05) is 19.8 Å². The van der Waals surface area contributed by atoms with Crippen molar-refractivity contribution in [3.05, 3.63) is 35.1 Å². The van der Waals surface area contributed by atoms with Gasteiger partial charge in [0, 0.05) is 17.7 Å². The average Bonchev–Trinajstić information content (AvgIpc) is 2.48. The highest BCUT2D eigenvalue weighted by Gasteiger charge is 2.14. The summed E-state index contributed by atoms with van der Waals surface area (Å²) in [5, 5.41) is 0. The number of halogens is 1. The van der Waals surface area contributed by atoms with E-state index >= 15 is 0 Å². The van der Waals surface area contributed by atoms with Gasteiger partial charge < -0.3 is 15.2 Å². The fraction of sp³-hybridized carbons (Fsp3) is 0.500. The van der Waals surface area contributed by atoms with Gasteiger partial charge >= 0.3 is 0 Å². The molecule has 2 rings (SSSR count). The van der Waals surface area contributed by atoms with Crippen LogP contribution in [-0.4, -0.2) is 25.9 Å². The van der Waals surface area contributed by atoms with Gasteiger partial charge in [-0.15, -0.1) is 0 Å². The summed E-state index contributed by atoms with van der Waals surface area (Å²) in [5.74, 6) is 5.21. The van der Waals surface area contributed by atoms with Crippen LogP contribution in [0, 0.1) is 17.7 Å². The minimum atomic E-state index is -0.293. The lowest BCUT2D eigenvalue weighted by atomic mass is 10.1. The Morgan fingerprint density at radius 1 is 1.40 bits per heavy atom. The van der Waals surface area contributed by atoms with Gasteiger partial charge in [0.25, 0.3) is 0 Å². The van der Waals surface area contributed by atoms with E-state index in [-0.39, 0.29) is 25.1 Å². The molecule has 1 aliphatic heterocycles. The summed E-state index contributed by atoms with van der Waals surface area (Å²) in [7, 11) is 0. The molecule has 0 aromatic heterocycles. The number of hydrogen-bond donors (Lipinski definition) is 1. The topological polar surface area (TPSA) is 44.5 Å². The lowest BCUT2D eigenvalue weighted by molar-refractivity contribution is -0.0451. The van der Waals surface area contributed by atoms with Crippen LogP contribution in [0.2, 0.25) is 0 Å². The predicted octanol–water partition coefficient (Wildman–Crippen LogP) is 2.22. The van der Waals surface area contributed by atoms with Crippen molar-refractivity contribution in [1.82, 2.24) is 0 Å². The van der Waals surface area contributed by atoms with Crippen molar-refractivity contribution in [2.24, 2.45) is 5.73 Å². The third-order valence-electron chi connectivity index (χ3n) is 3.22. The van der Waals surface area contributed by atoms with Crippen LogP contribution in [0.15, 0.2) is 18.2 Å². The summed E-state index contributed by atoms with van der Waals surface area (Å²) in [6.45, 7) is 1.86. The largest absolute Gasteiger partial charge is 0.376 e. The molecule has 1 aromatic carbocycles. The van der Waals surface area contributed by atoms with Gasteiger partial charge in [-0.3, -0.25) is 0 Å². The van der Waals surface area contributed by atoms with E-state index in [0.29, 0.717) is 17.7 Å². The van der Waals surface area contributed by atoms with Crippen molar-refractivity contribution in [3.8, 4) is 11.8 Å². The number of benzene rings is 1. The van der Waals surface area contributed by atoms with Crippen LogP contribution in [0.25, 0.3) is 0 Å². The van der Waals surface area contributed by atoms with E-state index in [4.69, 9.17) is 15.2 Å². The zero-order valence-electron chi connectivity index (χ0n) is 11.5. The molecule has 4 heteroatoms. The fourth-order valence-corrected chi connectivity index (χ4v) is 2.13. The van der Waals surface area contributed by atoms with E-state index in [9.17, 15) is 4.39 Å². The molecule has 108 valence electrons. The van der Waals surface area contributed by atoms with Crippen molar-refractivity contribution in [1.29, 1.82) is 0 Å². The Kier molecular flexibility index (Phi) is 6.00. The van der Waals surface area contributed by atoms with Gasteiger partial charge in [-0.2, -0.15) is 0 Å². The Bertz CT molecular complexity index is 487. The number of ether oxygens (including phenoxy) is 2. The molecule has 0 saturated carbocycles. The molecule has 1 atom stereocenters. The molecule has 1 heterocycles. The second kappa shape index (κ2) is 8.01. The molecular formula is C16H20FNO2. The summed E-state index contributed by atoms with van der Waals surface area (Å²) in [6, 6.07) is 4.90. The van der Waals surface area contributed by atoms with E-state index in [1.165, 1.54) is 12.5 Å². The molecule has 1 aliphatic rings. The monoisotopic (exact) mass is 277 g/mol. The Hall–Kier alpha value is -1.41. The molecule has 0 bridgehead atoms. The van der Waals surface area contributed by atoms with E-state index in [0.717, 1.165) is 19.4 Å². The first-order valence-electron chi connectivity index (χ1n) is 6.96. The molecule has 0 spiro atoms. The summed E-state index contributed by atoms with van der Waals surface area (Å²) in [5.41, 5.74) is 6.45. The maximum Gasteiger partial charge on any atom is 0.129 e. The highest BCUT2D eigenvalue weighted by Crippen LogP contribution is 2.15. The van der Waals surface area contributed by atoms with Crippen molar-refractivity contribution < 1.29 is 13.9 Å². The minimum Gasteiger partial charge on any atom is -0.376 e. The third kappa shape index (κ3) is 4.61. The normalized spacial score (nSPS) is 18.4. The molecule has 0 radical (unpaired) electrons. The average molecular weight is 277 g/mol. The SMILES string of the molecule is NCC#Cc1ccc(COCC2CCCCO2)c(F)c1. The Labute approximate surface area is 119 Å². The van der Waals surface area contributed by atoms with Gasteiger partial charge in [0.05, 0.1) is 25.9 Å². The maximum atomic E-state index is 13.8. The Morgan fingerprint density at radius 3 is 3.00 bits per heavy atom. The van der Waals surface area contributed by atoms with Crippen LogP contribution in [0.1, 0.15) is 30.4 Å². The molecule has 1 saturated heterocycles. The maximum absolute atomic E-state index is 13.8. The Morgan fingerprint density at radius 2 is 2.30 bits per heavy atom. The third-order valence-corrected chi connectivity index (χ3v) is 3.22. The van der Waals surface area contributed by atoms with Crippen LogP contribution < -0.4 is 5.73 Å². The van der Waals surface area contributed by atoms with Gasteiger partial charge in [-0.05, 0) is 31.4 Å². The predicted molar refractivity (Wildman–Crippen MR) is 75.6 cm³/mol. The van der Waals surface area contributed by atoms with Gasteiger partial charge in [-0.25, -0.2) is 4.39 Å². The smallest absolute Gasteiger partial charge is 0.129 e. The molecule has 1 aromatic rings. The van der Waals surface area contributed by atoms with Crippen molar-refractivity contribution in [3.63, 3.8) is 0 Å². The molecule has 1 fully saturated rings. The van der Waals surface area contributed by atoms with Crippen LogP contribution in [0.5, 0.6) is 0 Å². The first kappa shape index (κ1) is 15.0. The van der Waals surface area contributed by atoms with Crippen molar-refractivity contribution >= 4 is 0 Å². The highest BCUT2D eigenvalue weighted by atomic mass is 19.1. The van der Waals surface area contributed by atoms with Gasteiger partial charge in [0.15, 0.2) is 0 Å². The van der Waals surface area contributed by atoms with Gasteiger partial charge in [0.2, 0.25) is 0 Å². The van der Waals surface area contributed by atoms with Gasteiger partial charge in [0.1, 0.15) is 5.82 Å². The van der Waals surface area contributed by atoms with Crippen molar-refractivity contribution in [2.45, 2.75) is 32.0 Å². The van der Waals surface area contributed by atoms with Crippen LogP contribution >= 0.6 is 0 Å². The Balaban J connectivity index is 1.83. The van der Waals surface area contributed by atoms with E-state index in [2.05, 4.69) is 11.8 Å². The first-order chi connectivity index (χ1) is 9.79. The highest BCUT2D eigenvalue weighted by molar-refractivity contribution is 5.37. The van der Waals surface area contributed by atoms with Crippen LogP contribution in [0.4, 0.5) is 4.39 Å². The first-order valence-corrected chi connectivity index (χ1v) is 6.96. The summed E-state index contributed by atoms with van der Waals surface area (Å²) in [4.78, 5) is 0. The molecule has 3 nitrogen and oxygen atoms in total. The fourth-order valence-electron chi connectivity index (χ4n) is 2.13.